The Labute approximate surface area is 113 Å². The van der Waals surface area contributed by atoms with E-state index in [1.807, 2.05) is 0 Å². The van der Waals surface area contributed by atoms with Gasteiger partial charge in [0.15, 0.2) is 5.79 Å². The van der Waals surface area contributed by atoms with Crippen molar-refractivity contribution in [1.29, 1.82) is 0 Å². The summed E-state index contributed by atoms with van der Waals surface area (Å²) < 4.78 is 5.72. The second-order valence-electron chi connectivity index (χ2n) is 6.78. The molecule has 3 nitrogen and oxygen atoms in total. The van der Waals surface area contributed by atoms with Crippen molar-refractivity contribution in [3.63, 3.8) is 0 Å². The molecule has 0 aromatic heterocycles. The van der Waals surface area contributed by atoms with Crippen LogP contribution in [0.5, 0.6) is 0 Å². The quantitative estimate of drug-likeness (QED) is 0.625. The third-order valence-electron chi connectivity index (χ3n) is 2.86. The predicted molar refractivity (Wildman–Crippen MR) is 77.3 cm³/mol. The summed E-state index contributed by atoms with van der Waals surface area (Å²) >= 11 is 0. The van der Waals surface area contributed by atoms with Crippen LogP contribution in [-0.4, -0.2) is 23.0 Å². The van der Waals surface area contributed by atoms with Gasteiger partial charge in [-0.25, -0.2) is 0 Å². The Morgan fingerprint density at radius 2 is 1.56 bits per heavy atom. The predicted octanol–water partition coefficient (Wildman–Crippen LogP) is 3.30. The van der Waals surface area contributed by atoms with Crippen LogP contribution in [0, 0.1) is 11.8 Å². The zero-order valence-electron chi connectivity index (χ0n) is 13.1. The first-order valence-corrected chi connectivity index (χ1v) is 7.26. The van der Waals surface area contributed by atoms with Gasteiger partial charge in [0.2, 0.25) is 0 Å². The normalized spacial score (nSPS) is 16.3. The van der Waals surface area contributed by atoms with Crippen LogP contribution >= 0.6 is 0 Å². The topological polar surface area (TPSA) is 55.5 Å². The SMILES string of the molecule is CC(C)CC[C@H](C[C@H](N)CC(C)C)OC(C)(C)O. The number of rotatable bonds is 9. The molecule has 0 radical (unpaired) electrons. The van der Waals surface area contributed by atoms with Gasteiger partial charge in [-0.15, -0.1) is 0 Å². The molecule has 3 N–H and O–H groups in total. The Morgan fingerprint density at radius 1 is 1.00 bits per heavy atom. The van der Waals surface area contributed by atoms with Crippen molar-refractivity contribution in [3.8, 4) is 0 Å². The van der Waals surface area contributed by atoms with E-state index in [0.717, 1.165) is 25.7 Å². The lowest BCUT2D eigenvalue weighted by molar-refractivity contribution is -0.209. The second-order valence-corrected chi connectivity index (χ2v) is 6.78. The molecule has 0 aromatic rings. The van der Waals surface area contributed by atoms with Crippen molar-refractivity contribution in [1.82, 2.24) is 0 Å². The molecule has 0 saturated carbocycles. The van der Waals surface area contributed by atoms with Gasteiger partial charge >= 0.3 is 0 Å². The summed E-state index contributed by atoms with van der Waals surface area (Å²) in [6, 6.07) is 0.157. The van der Waals surface area contributed by atoms with Crippen LogP contribution in [0.25, 0.3) is 0 Å². The van der Waals surface area contributed by atoms with E-state index in [9.17, 15) is 5.11 Å². The van der Waals surface area contributed by atoms with Crippen molar-refractivity contribution in [2.24, 2.45) is 17.6 Å². The summed E-state index contributed by atoms with van der Waals surface area (Å²) in [7, 11) is 0. The maximum absolute atomic E-state index is 9.79. The third-order valence-corrected chi connectivity index (χ3v) is 2.86. The molecule has 0 aliphatic carbocycles. The molecule has 0 heterocycles. The Kier molecular flexibility index (Phi) is 8.08. The standard InChI is InChI=1S/C15H33NO2/c1-11(2)7-8-14(18-15(5,6)17)10-13(16)9-12(3)4/h11-14,17H,7-10,16H2,1-6H3/t13-,14-/m1/s1. The van der Waals surface area contributed by atoms with Gasteiger partial charge in [-0.1, -0.05) is 27.7 Å². The average Bonchev–Trinajstić information content (AvgIpc) is 2.09. The summed E-state index contributed by atoms with van der Waals surface area (Å²) in [5, 5.41) is 9.79. The molecule has 0 rings (SSSR count). The molecule has 3 heteroatoms. The Balaban J connectivity index is 4.27. The van der Waals surface area contributed by atoms with E-state index >= 15 is 0 Å². The van der Waals surface area contributed by atoms with Crippen LogP contribution in [0.15, 0.2) is 0 Å². The van der Waals surface area contributed by atoms with Crippen LogP contribution in [0.4, 0.5) is 0 Å². The van der Waals surface area contributed by atoms with Crippen molar-refractivity contribution in [3.05, 3.63) is 0 Å². The number of ether oxygens (including phenoxy) is 1. The fourth-order valence-electron chi connectivity index (χ4n) is 2.19. The number of hydrogen-bond donors (Lipinski definition) is 2. The molecular weight excluding hydrogens is 226 g/mol. The highest BCUT2D eigenvalue weighted by Gasteiger charge is 2.23. The van der Waals surface area contributed by atoms with Crippen molar-refractivity contribution in [2.45, 2.75) is 85.2 Å². The zero-order chi connectivity index (χ0) is 14.3. The third kappa shape index (κ3) is 11.0. The molecule has 0 saturated heterocycles. The molecule has 0 spiro atoms. The Hall–Kier alpha value is -0.120. The molecule has 18 heavy (non-hydrogen) atoms. The lowest BCUT2D eigenvalue weighted by Gasteiger charge is -2.29. The van der Waals surface area contributed by atoms with Gasteiger partial charge in [0, 0.05) is 6.04 Å². The number of hydrogen-bond acceptors (Lipinski definition) is 3. The van der Waals surface area contributed by atoms with Gasteiger partial charge in [0.25, 0.3) is 0 Å². The Morgan fingerprint density at radius 3 is 1.94 bits per heavy atom. The molecule has 0 fully saturated rings. The largest absolute Gasteiger partial charge is 0.366 e. The second kappa shape index (κ2) is 8.13. The van der Waals surface area contributed by atoms with E-state index in [2.05, 4.69) is 27.7 Å². The minimum atomic E-state index is -1.07. The van der Waals surface area contributed by atoms with Crippen molar-refractivity contribution < 1.29 is 9.84 Å². The molecule has 110 valence electrons. The maximum Gasteiger partial charge on any atom is 0.160 e. The zero-order valence-corrected chi connectivity index (χ0v) is 13.1. The van der Waals surface area contributed by atoms with Gasteiger partial charge < -0.3 is 15.6 Å². The fourth-order valence-corrected chi connectivity index (χ4v) is 2.19. The average molecular weight is 259 g/mol. The van der Waals surface area contributed by atoms with Gasteiger partial charge in [-0.2, -0.15) is 0 Å². The Bertz CT molecular complexity index is 209. The smallest absolute Gasteiger partial charge is 0.160 e. The molecule has 0 amide bonds. The molecule has 0 bridgehead atoms. The minimum absolute atomic E-state index is 0.0566. The highest BCUT2D eigenvalue weighted by atomic mass is 16.6. The highest BCUT2D eigenvalue weighted by molar-refractivity contribution is 4.72. The summed E-state index contributed by atoms with van der Waals surface area (Å²) in [6.45, 7) is 12.1. The van der Waals surface area contributed by atoms with E-state index < -0.39 is 5.79 Å². The van der Waals surface area contributed by atoms with E-state index in [1.54, 1.807) is 13.8 Å². The first-order valence-electron chi connectivity index (χ1n) is 7.26. The molecule has 0 aromatic carbocycles. The summed E-state index contributed by atoms with van der Waals surface area (Å²) in [5.74, 6) is 0.186. The molecule has 2 atom stereocenters. The van der Waals surface area contributed by atoms with E-state index in [4.69, 9.17) is 10.5 Å². The molecule has 0 aliphatic heterocycles. The maximum atomic E-state index is 9.79. The highest BCUT2D eigenvalue weighted by Crippen LogP contribution is 2.20. The van der Waals surface area contributed by atoms with Crippen LogP contribution < -0.4 is 5.73 Å². The number of aliphatic hydroxyl groups is 1. The van der Waals surface area contributed by atoms with Crippen LogP contribution in [0.3, 0.4) is 0 Å². The van der Waals surface area contributed by atoms with Crippen LogP contribution in [0.1, 0.15) is 67.2 Å². The summed E-state index contributed by atoms with van der Waals surface area (Å²) in [4.78, 5) is 0. The van der Waals surface area contributed by atoms with E-state index in [1.165, 1.54) is 0 Å². The van der Waals surface area contributed by atoms with Crippen LogP contribution in [-0.2, 0) is 4.74 Å². The lowest BCUT2D eigenvalue weighted by Crippen LogP contribution is -2.35. The van der Waals surface area contributed by atoms with Crippen LogP contribution in [0.2, 0.25) is 0 Å². The van der Waals surface area contributed by atoms with Gasteiger partial charge in [-0.3, -0.25) is 0 Å². The van der Waals surface area contributed by atoms with Crippen molar-refractivity contribution in [2.75, 3.05) is 0 Å². The van der Waals surface area contributed by atoms with Gasteiger partial charge in [-0.05, 0) is 51.4 Å². The number of nitrogens with two attached hydrogens (primary N) is 1. The fraction of sp³-hybridized carbons (Fsp3) is 1.00. The van der Waals surface area contributed by atoms with Gasteiger partial charge in [0.05, 0.1) is 6.10 Å². The van der Waals surface area contributed by atoms with Gasteiger partial charge in [0.1, 0.15) is 0 Å². The monoisotopic (exact) mass is 259 g/mol. The van der Waals surface area contributed by atoms with Crippen molar-refractivity contribution >= 4 is 0 Å². The van der Waals surface area contributed by atoms with E-state index in [0.29, 0.717) is 11.8 Å². The molecule has 0 aliphatic rings. The summed E-state index contributed by atoms with van der Waals surface area (Å²) in [6.07, 6.45) is 3.96. The molecule has 0 unspecified atom stereocenters. The molecular formula is C15H33NO2. The minimum Gasteiger partial charge on any atom is -0.366 e. The van der Waals surface area contributed by atoms with E-state index in [-0.39, 0.29) is 12.1 Å². The first kappa shape index (κ1) is 17.9. The first-order chi connectivity index (χ1) is 8.10. The summed E-state index contributed by atoms with van der Waals surface area (Å²) in [5.41, 5.74) is 6.14. The lowest BCUT2D eigenvalue weighted by atomic mass is 9.95.